The predicted molar refractivity (Wildman–Crippen MR) is 77.1 cm³/mol. The van der Waals surface area contributed by atoms with E-state index in [0.29, 0.717) is 17.9 Å². The second-order valence-electron chi connectivity index (χ2n) is 4.64. The Morgan fingerprint density at radius 1 is 1.40 bits per heavy atom. The van der Waals surface area contributed by atoms with E-state index < -0.39 is 10.0 Å². The summed E-state index contributed by atoms with van der Waals surface area (Å²) in [5, 5.41) is 2.64. The Kier molecular flexibility index (Phi) is 5.67. The van der Waals surface area contributed by atoms with E-state index in [9.17, 15) is 13.2 Å². The molecule has 1 aromatic carbocycles. The van der Waals surface area contributed by atoms with Gasteiger partial charge in [-0.2, -0.15) is 0 Å². The van der Waals surface area contributed by atoms with Crippen LogP contribution in [0.5, 0.6) is 0 Å². The highest BCUT2D eigenvalue weighted by Gasteiger charge is 2.18. The molecule has 7 heteroatoms. The van der Waals surface area contributed by atoms with Crippen molar-refractivity contribution in [2.75, 3.05) is 19.0 Å². The van der Waals surface area contributed by atoms with Crippen LogP contribution in [0.4, 0.5) is 5.69 Å². The molecule has 20 heavy (non-hydrogen) atoms. The molecule has 0 radical (unpaired) electrons. The number of hydrogen-bond donors (Lipinski definition) is 2. The fraction of sp³-hybridized carbons (Fsp3) is 0.462. The number of anilines is 1. The summed E-state index contributed by atoms with van der Waals surface area (Å²) in [4.78, 5) is 11.2. The Morgan fingerprint density at radius 2 is 2.05 bits per heavy atom. The predicted octanol–water partition coefficient (Wildman–Crippen LogP) is 1.27. The molecule has 0 aliphatic carbocycles. The number of carbonyl (C=O) groups is 1. The lowest BCUT2D eigenvalue weighted by atomic mass is 10.2. The molecule has 0 aliphatic rings. The van der Waals surface area contributed by atoms with Gasteiger partial charge < -0.3 is 10.1 Å². The minimum Gasteiger partial charge on any atom is -0.383 e. The van der Waals surface area contributed by atoms with Gasteiger partial charge in [0.1, 0.15) is 0 Å². The van der Waals surface area contributed by atoms with E-state index in [1.165, 1.54) is 26.2 Å². The molecule has 2 N–H and O–H groups in total. The van der Waals surface area contributed by atoms with Crippen molar-refractivity contribution < 1.29 is 17.9 Å². The van der Waals surface area contributed by atoms with Gasteiger partial charge in [-0.1, -0.05) is 0 Å². The first-order valence-corrected chi connectivity index (χ1v) is 7.64. The third-order valence-corrected chi connectivity index (χ3v) is 4.18. The van der Waals surface area contributed by atoms with E-state index in [1.807, 2.05) is 0 Å². The first-order valence-electron chi connectivity index (χ1n) is 6.15. The fourth-order valence-electron chi connectivity index (χ4n) is 1.75. The third-order valence-electron chi connectivity index (χ3n) is 2.59. The SMILES string of the molecule is COC[C@@H](C)NS(=O)(=O)c1ccc(NC(C)=O)c(C)c1. The van der Waals surface area contributed by atoms with Crippen LogP contribution in [-0.2, 0) is 19.6 Å². The molecule has 6 nitrogen and oxygen atoms in total. The van der Waals surface area contributed by atoms with Gasteiger partial charge in [-0.3, -0.25) is 4.79 Å². The molecule has 0 saturated heterocycles. The van der Waals surface area contributed by atoms with Crippen LogP contribution in [0.15, 0.2) is 23.1 Å². The number of carbonyl (C=O) groups excluding carboxylic acids is 1. The van der Waals surface area contributed by atoms with Crippen LogP contribution in [-0.4, -0.2) is 34.1 Å². The number of rotatable bonds is 6. The van der Waals surface area contributed by atoms with E-state index in [-0.39, 0.29) is 16.8 Å². The van der Waals surface area contributed by atoms with Crippen molar-refractivity contribution in [1.29, 1.82) is 0 Å². The van der Waals surface area contributed by atoms with Crippen molar-refractivity contribution in [3.63, 3.8) is 0 Å². The lowest BCUT2D eigenvalue weighted by molar-refractivity contribution is -0.114. The van der Waals surface area contributed by atoms with E-state index in [2.05, 4.69) is 10.0 Å². The quantitative estimate of drug-likeness (QED) is 0.828. The lowest BCUT2D eigenvalue weighted by Crippen LogP contribution is -2.35. The van der Waals surface area contributed by atoms with Gasteiger partial charge >= 0.3 is 0 Å². The average Bonchev–Trinajstić information content (AvgIpc) is 2.30. The van der Waals surface area contributed by atoms with Crippen LogP contribution in [0.1, 0.15) is 19.4 Å². The summed E-state index contributed by atoms with van der Waals surface area (Å²) in [6, 6.07) is 4.24. The number of ether oxygens (including phenoxy) is 1. The van der Waals surface area contributed by atoms with E-state index in [0.717, 1.165) is 0 Å². The molecule has 0 unspecified atom stereocenters. The summed E-state index contributed by atoms with van der Waals surface area (Å²) in [6.45, 7) is 5.16. The lowest BCUT2D eigenvalue weighted by Gasteiger charge is -2.14. The molecular formula is C13H20N2O4S. The van der Waals surface area contributed by atoms with Crippen molar-refractivity contribution in [3.8, 4) is 0 Å². The minimum absolute atomic E-state index is 0.159. The van der Waals surface area contributed by atoms with Gasteiger partial charge in [0.15, 0.2) is 0 Å². The fourth-order valence-corrected chi connectivity index (χ4v) is 3.06. The highest BCUT2D eigenvalue weighted by molar-refractivity contribution is 7.89. The number of sulfonamides is 1. The zero-order valence-corrected chi connectivity index (χ0v) is 12.9. The first-order chi connectivity index (χ1) is 9.26. The van der Waals surface area contributed by atoms with Gasteiger partial charge in [-0.15, -0.1) is 0 Å². The number of amides is 1. The molecular weight excluding hydrogens is 280 g/mol. The van der Waals surface area contributed by atoms with Crippen molar-refractivity contribution in [2.45, 2.75) is 31.7 Å². The van der Waals surface area contributed by atoms with Gasteiger partial charge in [0.25, 0.3) is 0 Å². The Hall–Kier alpha value is -1.44. The van der Waals surface area contributed by atoms with Crippen LogP contribution < -0.4 is 10.0 Å². The maximum absolute atomic E-state index is 12.1. The van der Waals surface area contributed by atoms with E-state index in [4.69, 9.17) is 4.74 Å². The Morgan fingerprint density at radius 3 is 2.55 bits per heavy atom. The summed E-state index contributed by atoms with van der Waals surface area (Å²) in [7, 11) is -2.08. The number of aryl methyl sites for hydroxylation is 1. The maximum Gasteiger partial charge on any atom is 0.240 e. The zero-order chi connectivity index (χ0) is 15.3. The zero-order valence-electron chi connectivity index (χ0n) is 12.1. The molecule has 1 amide bonds. The average molecular weight is 300 g/mol. The Balaban J connectivity index is 2.96. The molecule has 1 rings (SSSR count). The smallest absolute Gasteiger partial charge is 0.240 e. The molecule has 0 aromatic heterocycles. The number of benzene rings is 1. The second-order valence-corrected chi connectivity index (χ2v) is 6.35. The first kappa shape index (κ1) is 16.6. The number of methoxy groups -OCH3 is 1. The highest BCUT2D eigenvalue weighted by atomic mass is 32.2. The van der Waals surface area contributed by atoms with Crippen LogP contribution >= 0.6 is 0 Å². The maximum atomic E-state index is 12.1. The Labute approximate surface area is 119 Å². The summed E-state index contributed by atoms with van der Waals surface area (Å²) >= 11 is 0. The van der Waals surface area contributed by atoms with Gasteiger partial charge in [0.05, 0.1) is 11.5 Å². The molecule has 0 spiro atoms. The number of hydrogen-bond acceptors (Lipinski definition) is 4. The molecule has 112 valence electrons. The Bertz CT molecular complexity index is 584. The highest BCUT2D eigenvalue weighted by Crippen LogP contribution is 2.19. The molecule has 1 aromatic rings. The van der Waals surface area contributed by atoms with Crippen LogP contribution in [0.3, 0.4) is 0 Å². The third kappa shape index (κ3) is 4.59. The topological polar surface area (TPSA) is 84.5 Å². The molecule has 0 saturated carbocycles. The van der Waals surface area contributed by atoms with Crippen LogP contribution in [0, 0.1) is 6.92 Å². The molecule has 0 bridgehead atoms. The van der Waals surface area contributed by atoms with Crippen molar-refractivity contribution in [3.05, 3.63) is 23.8 Å². The van der Waals surface area contributed by atoms with Crippen LogP contribution in [0.25, 0.3) is 0 Å². The molecule has 0 aliphatic heterocycles. The van der Waals surface area contributed by atoms with Gasteiger partial charge in [0.2, 0.25) is 15.9 Å². The second kappa shape index (κ2) is 6.83. The van der Waals surface area contributed by atoms with Crippen molar-refractivity contribution in [1.82, 2.24) is 4.72 Å². The standard InChI is InChI=1S/C13H20N2O4S/c1-9-7-12(5-6-13(9)14-11(3)16)20(17,18)15-10(2)8-19-4/h5-7,10,15H,8H2,1-4H3,(H,14,16)/t10-/m1/s1. The summed E-state index contributed by atoms with van der Waals surface area (Å²) in [5.41, 5.74) is 1.28. The van der Waals surface area contributed by atoms with Crippen LogP contribution in [0.2, 0.25) is 0 Å². The normalized spacial score (nSPS) is 13.0. The van der Waals surface area contributed by atoms with Gasteiger partial charge in [0, 0.05) is 25.8 Å². The van der Waals surface area contributed by atoms with E-state index in [1.54, 1.807) is 19.9 Å². The molecule has 1 atom stereocenters. The van der Waals surface area contributed by atoms with Crippen molar-refractivity contribution >= 4 is 21.6 Å². The molecule has 0 heterocycles. The van der Waals surface area contributed by atoms with Gasteiger partial charge in [-0.25, -0.2) is 13.1 Å². The van der Waals surface area contributed by atoms with Gasteiger partial charge in [-0.05, 0) is 37.6 Å². The largest absolute Gasteiger partial charge is 0.383 e. The van der Waals surface area contributed by atoms with Crippen molar-refractivity contribution in [2.24, 2.45) is 0 Å². The molecule has 0 fully saturated rings. The van der Waals surface area contributed by atoms with E-state index >= 15 is 0 Å². The summed E-state index contributed by atoms with van der Waals surface area (Å²) in [5.74, 6) is -0.199. The summed E-state index contributed by atoms with van der Waals surface area (Å²) < 4.78 is 31.7. The number of nitrogens with one attached hydrogen (secondary N) is 2. The monoisotopic (exact) mass is 300 g/mol. The summed E-state index contributed by atoms with van der Waals surface area (Å²) in [6.07, 6.45) is 0. The minimum atomic E-state index is -3.59.